The van der Waals surface area contributed by atoms with E-state index in [4.69, 9.17) is 25.8 Å². The number of nitrogens with zero attached hydrogens (tertiary/aromatic N) is 1. The van der Waals surface area contributed by atoms with E-state index in [1.807, 2.05) is 39.0 Å². The van der Waals surface area contributed by atoms with E-state index in [1.54, 1.807) is 7.11 Å². The number of halogens is 1. The van der Waals surface area contributed by atoms with E-state index in [2.05, 4.69) is 10.3 Å². The van der Waals surface area contributed by atoms with Gasteiger partial charge in [-0.1, -0.05) is 31.5 Å². The molecule has 2 N–H and O–H groups in total. The Balaban J connectivity index is 2.11. The first-order valence-corrected chi connectivity index (χ1v) is 10.6. The van der Waals surface area contributed by atoms with E-state index >= 15 is 0 Å². The number of nitrogens with one attached hydrogen (secondary N) is 1. The van der Waals surface area contributed by atoms with Crippen LogP contribution in [0.5, 0.6) is 17.2 Å². The third kappa shape index (κ3) is 5.82. The zero-order valence-corrected chi connectivity index (χ0v) is 19.8. The average molecular weight is 465 g/mol. The molecule has 0 aliphatic heterocycles. The van der Waals surface area contributed by atoms with Gasteiger partial charge in [0.1, 0.15) is 11.8 Å². The van der Waals surface area contributed by atoms with Crippen LogP contribution in [0.4, 0.5) is 0 Å². The van der Waals surface area contributed by atoms with E-state index in [1.165, 1.54) is 26.3 Å². The number of aryl methyl sites for hydroxylation is 1. The van der Waals surface area contributed by atoms with E-state index in [0.717, 1.165) is 16.9 Å². The summed E-state index contributed by atoms with van der Waals surface area (Å²) in [6.07, 6.45) is 1.32. The van der Waals surface area contributed by atoms with Gasteiger partial charge in [0.15, 0.2) is 22.8 Å². The second-order valence-corrected chi connectivity index (χ2v) is 8.12. The maximum absolute atomic E-state index is 12.6. The van der Waals surface area contributed by atoms with Gasteiger partial charge in [-0.3, -0.25) is 4.79 Å². The van der Waals surface area contributed by atoms with Crippen LogP contribution in [0.1, 0.15) is 48.3 Å². The predicted octanol–water partition coefficient (Wildman–Crippen LogP) is 3.78. The number of esters is 1. The lowest BCUT2D eigenvalue weighted by Crippen LogP contribution is -2.41. The number of benzene rings is 1. The molecule has 2 aromatic rings. The molecule has 1 aromatic heterocycles. The maximum Gasteiger partial charge on any atom is 0.329 e. The summed E-state index contributed by atoms with van der Waals surface area (Å²) in [6.45, 7) is 7.37. The first kappa shape index (κ1) is 25.3. The number of aromatic nitrogens is 1. The topological polar surface area (TPSA) is 107 Å². The Labute approximate surface area is 192 Å². The minimum absolute atomic E-state index is 0.0697. The lowest BCUT2D eigenvalue weighted by Gasteiger charge is -2.28. The highest BCUT2D eigenvalue weighted by molar-refractivity contribution is 6.20. The van der Waals surface area contributed by atoms with Gasteiger partial charge in [-0.25, -0.2) is 9.78 Å². The normalized spacial score (nSPS) is 13.8. The van der Waals surface area contributed by atoms with Gasteiger partial charge in [0.2, 0.25) is 0 Å². The first-order valence-electron chi connectivity index (χ1n) is 10.1. The van der Waals surface area contributed by atoms with Gasteiger partial charge in [-0.2, -0.15) is 0 Å². The number of hydrogen-bond acceptors (Lipinski definition) is 7. The Morgan fingerprint density at radius 2 is 1.81 bits per heavy atom. The second-order valence-electron chi connectivity index (χ2n) is 7.69. The molecule has 0 aliphatic rings. The molecule has 174 valence electrons. The van der Waals surface area contributed by atoms with Gasteiger partial charge in [-0.15, -0.1) is 0 Å². The van der Waals surface area contributed by atoms with Crippen molar-refractivity contribution in [3.8, 4) is 17.2 Å². The minimum Gasteiger partial charge on any atom is -0.503 e. The summed E-state index contributed by atoms with van der Waals surface area (Å²) in [5.41, 5.74) is 0.680. The van der Waals surface area contributed by atoms with Crippen molar-refractivity contribution < 1.29 is 28.9 Å². The van der Waals surface area contributed by atoms with Gasteiger partial charge in [0.05, 0.1) is 14.2 Å². The molecule has 2 rings (SSSR count). The standard InChI is InChI=1S/C23H29ClN2O6/c1-12(2)18(16-8-7-15(30-5)11-13(16)3)21(24)32-23(29)14(4)26-22(28)19-20(27)17(31-6)9-10-25-19/h7-12,14,18,21,27H,1-6H3,(H,26,28)/t14-,18-,21+/m0/s1. The van der Waals surface area contributed by atoms with Crippen molar-refractivity contribution in [3.63, 3.8) is 0 Å². The minimum atomic E-state index is -1.03. The van der Waals surface area contributed by atoms with Gasteiger partial charge < -0.3 is 24.6 Å². The van der Waals surface area contributed by atoms with Crippen LogP contribution in [0.25, 0.3) is 0 Å². The Kier molecular flexibility index (Phi) is 8.72. The summed E-state index contributed by atoms with van der Waals surface area (Å²) in [6, 6.07) is 6.02. The SMILES string of the molecule is COc1ccc([C@H](C(C)C)[C@H](Cl)OC(=O)[C@H](C)NC(=O)c2nccc(OC)c2O)c(C)c1. The van der Waals surface area contributed by atoms with Crippen LogP contribution in [0.3, 0.4) is 0 Å². The number of carbonyl (C=O) groups is 2. The Hall–Kier alpha value is -3.00. The zero-order chi connectivity index (χ0) is 24.0. The molecule has 1 aromatic carbocycles. The Bertz CT molecular complexity index is 965. The van der Waals surface area contributed by atoms with Crippen molar-refractivity contribution in [1.82, 2.24) is 10.3 Å². The second kappa shape index (κ2) is 11.0. The molecule has 0 unspecified atom stereocenters. The number of aromatic hydroxyl groups is 1. The number of carbonyl (C=O) groups excluding carboxylic acids is 2. The number of methoxy groups -OCH3 is 2. The van der Waals surface area contributed by atoms with Crippen LogP contribution < -0.4 is 14.8 Å². The molecule has 3 atom stereocenters. The number of rotatable bonds is 9. The first-order chi connectivity index (χ1) is 15.1. The van der Waals surface area contributed by atoms with E-state index < -0.39 is 29.2 Å². The number of ether oxygens (including phenoxy) is 3. The van der Waals surface area contributed by atoms with Crippen molar-refractivity contribution in [3.05, 3.63) is 47.3 Å². The summed E-state index contributed by atoms with van der Waals surface area (Å²) in [5.74, 6) is -1.27. The van der Waals surface area contributed by atoms with Crippen molar-refractivity contribution >= 4 is 23.5 Å². The third-order valence-corrected chi connectivity index (χ3v) is 5.45. The van der Waals surface area contributed by atoms with Gasteiger partial charge >= 0.3 is 5.97 Å². The molecule has 0 bridgehead atoms. The molecular formula is C23H29ClN2O6. The number of pyridine rings is 1. The molecule has 0 fully saturated rings. The smallest absolute Gasteiger partial charge is 0.329 e. The molecule has 0 spiro atoms. The van der Waals surface area contributed by atoms with Crippen LogP contribution in [0.2, 0.25) is 0 Å². The fourth-order valence-corrected chi connectivity index (χ4v) is 3.84. The van der Waals surface area contributed by atoms with Crippen molar-refractivity contribution in [2.75, 3.05) is 14.2 Å². The summed E-state index contributed by atoms with van der Waals surface area (Å²) in [5, 5.41) is 12.5. The molecule has 32 heavy (non-hydrogen) atoms. The fourth-order valence-electron chi connectivity index (χ4n) is 3.33. The molecule has 0 saturated heterocycles. The summed E-state index contributed by atoms with van der Waals surface area (Å²) in [4.78, 5) is 28.9. The Morgan fingerprint density at radius 1 is 1.12 bits per heavy atom. The summed E-state index contributed by atoms with van der Waals surface area (Å²) < 4.78 is 15.7. The van der Waals surface area contributed by atoms with E-state index in [0.29, 0.717) is 0 Å². The molecule has 9 heteroatoms. The zero-order valence-electron chi connectivity index (χ0n) is 19.0. The molecule has 0 radical (unpaired) electrons. The highest BCUT2D eigenvalue weighted by Gasteiger charge is 2.31. The average Bonchev–Trinajstić information content (AvgIpc) is 2.74. The predicted molar refractivity (Wildman–Crippen MR) is 120 cm³/mol. The largest absolute Gasteiger partial charge is 0.503 e. The van der Waals surface area contributed by atoms with Crippen molar-refractivity contribution in [1.29, 1.82) is 0 Å². The van der Waals surface area contributed by atoms with Crippen molar-refractivity contribution in [2.24, 2.45) is 5.92 Å². The molecule has 0 aliphatic carbocycles. The maximum atomic E-state index is 12.6. The van der Waals surface area contributed by atoms with Crippen LogP contribution in [0.15, 0.2) is 30.5 Å². The monoisotopic (exact) mass is 464 g/mol. The van der Waals surface area contributed by atoms with Gasteiger partial charge in [-0.05, 0) is 43.0 Å². The lowest BCUT2D eigenvalue weighted by molar-refractivity contribution is -0.148. The highest BCUT2D eigenvalue weighted by Crippen LogP contribution is 2.35. The summed E-state index contributed by atoms with van der Waals surface area (Å²) >= 11 is 6.52. The van der Waals surface area contributed by atoms with Gasteiger partial charge in [0, 0.05) is 18.2 Å². The number of amides is 1. The number of alkyl halides is 1. The highest BCUT2D eigenvalue weighted by atomic mass is 35.5. The molecule has 8 nitrogen and oxygen atoms in total. The third-order valence-electron chi connectivity index (χ3n) is 5.09. The molecule has 1 amide bonds. The lowest BCUT2D eigenvalue weighted by atomic mass is 9.86. The van der Waals surface area contributed by atoms with Gasteiger partial charge in [0.25, 0.3) is 5.91 Å². The number of hydrogen-bond donors (Lipinski definition) is 2. The van der Waals surface area contributed by atoms with Crippen molar-refractivity contribution in [2.45, 2.75) is 45.2 Å². The van der Waals surface area contributed by atoms with E-state index in [9.17, 15) is 14.7 Å². The fraction of sp³-hybridized carbons (Fsp3) is 0.435. The molecule has 0 saturated carbocycles. The Morgan fingerprint density at radius 3 is 2.38 bits per heavy atom. The van der Waals surface area contributed by atoms with Crippen LogP contribution in [0, 0.1) is 12.8 Å². The molecule has 1 heterocycles. The molecular weight excluding hydrogens is 436 g/mol. The van der Waals surface area contributed by atoms with Crippen LogP contribution >= 0.6 is 11.6 Å². The van der Waals surface area contributed by atoms with Crippen LogP contribution in [-0.4, -0.2) is 47.8 Å². The summed E-state index contributed by atoms with van der Waals surface area (Å²) in [7, 11) is 2.95. The van der Waals surface area contributed by atoms with Crippen LogP contribution in [-0.2, 0) is 9.53 Å². The quantitative estimate of drug-likeness (QED) is 0.429. The van der Waals surface area contributed by atoms with E-state index in [-0.39, 0.29) is 23.3 Å².